The zero-order chi connectivity index (χ0) is 67.9. The number of aliphatic carboxylic acids is 7. The standard InChI is InChI=1S/C18H35NO3.C10H16N2O3S.5C6H14N2O2/c1-2-3-4-5-6-7-8-9-10-11-12-13-14-15-17(20)19-16-18(21)22;13-8(14)4-2-1-3-7-9-6(5-16-7)11-10(15)12-9;5*7-4-2-1-3-5(8)6(9)10/h2-16H2,1H3,(H,19,20)(H,21,22);6-7,9H,1-5H2,(H,13,14)(H2,11,12,15);5*5H,1-4,7-8H2,(H,9,10)/t;6-,7-,9-;;;;;/m.0...../s1. The zero-order valence-electron chi connectivity index (χ0n) is 52.9. The summed E-state index contributed by atoms with van der Waals surface area (Å²) in [6.45, 7) is 5.00. The molecule has 0 aromatic carbocycles. The normalized spacial score (nSPS) is 15.9. The second-order valence-corrected chi connectivity index (χ2v) is 22.8. The summed E-state index contributed by atoms with van der Waals surface area (Å²) in [6, 6.07) is -3.14. The maximum atomic E-state index is 11.3. The number of thioether (sulfide) groups is 1. The Morgan fingerprint density at radius 2 is 0.739 bits per heavy atom. The van der Waals surface area contributed by atoms with E-state index in [0.29, 0.717) is 76.5 Å². The number of carbonyl (C=O) groups is 9. The van der Waals surface area contributed by atoms with Gasteiger partial charge in [0.05, 0.1) is 12.1 Å². The average molecular weight is 1290 g/mol. The van der Waals surface area contributed by atoms with E-state index < -0.39 is 72.0 Å². The summed E-state index contributed by atoms with van der Waals surface area (Å²) in [5.41, 5.74) is 52.1. The number of hydrogen-bond acceptors (Lipinski definition) is 20. The lowest BCUT2D eigenvalue weighted by Gasteiger charge is -2.16. The molecule has 30 heteroatoms. The van der Waals surface area contributed by atoms with E-state index in [9.17, 15) is 43.2 Å². The van der Waals surface area contributed by atoms with Gasteiger partial charge in [-0.1, -0.05) is 122 Å². The molecule has 2 rings (SSSR count). The molecule has 0 aliphatic carbocycles. The highest BCUT2D eigenvalue weighted by molar-refractivity contribution is 8.00. The van der Waals surface area contributed by atoms with Crippen molar-refractivity contribution in [1.29, 1.82) is 0 Å². The molecule has 2 aliphatic heterocycles. The summed E-state index contributed by atoms with van der Waals surface area (Å²) in [7, 11) is 0. The Morgan fingerprint density at radius 3 is 1.02 bits per heavy atom. The van der Waals surface area contributed by atoms with Gasteiger partial charge in [0.15, 0.2) is 0 Å². The minimum Gasteiger partial charge on any atom is -0.481 e. The van der Waals surface area contributed by atoms with E-state index >= 15 is 0 Å². The van der Waals surface area contributed by atoms with Crippen molar-refractivity contribution in [2.75, 3.05) is 45.0 Å². The Kier molecular flexibility index (Phi) is 69.2. The molecule has 2 heterocycles. The summed E-state index contributed by atoms with van der Waals surface area (Å²) in [6.07, 6.45) is 30.8. The van der Waals surface area contributed by atoms with Crippen molar-refractivity contribution in [3.05, 3.63) is 0 Å². The van der Waals surface area contributed by atoms with Crippen LogP contribution in [0.5, 0.6) is 0 Å². The lowest BCUT2D eigenvalue weighted by Crippen LogP contribution is -2.36. The fraction of sp³-hybridized carbons (Fsp3) is 0.845. The van der Waals surface area contributed by atoms with Crippen LogP contribution in [-0.4, -0.2) is 182 Å². The highest BCUT2D eigenvalue weighted by Gasteiger charge is 2.42. The lowest BCUT2D eigenvalue weighted by atomic mass is 10.0. The molecule has 8 atom stereocenters. The quantitative estimate of drug-likeness (QED) is 0.0307. The molecule has 5 unspecified atom stereocenters. The first kappa shape index (κ1) is 91.7. The molecular weight excluding hydrogens is 1170 g/mol. The van der Waals surface area contributed by atoms with Gasteiger partial charge in [-0.15, -0.1) is 0 Å². The third-order valence-electron chi connectivity index (χ3n) is 13.4. The van der Waals surface area contributed by atoms with Crippen molar-refractivity contribution in [2.45, 2.75) is 266 Å². The number of carboxylic acids is 7. The van der Waals surface area contributed by atoms with Gasteiger partial charge in [0.1, 0.15) is 36.8 Å². The van der Waals surface area contributed by atoms with Gasteiger partial charge in [0, 0.05) is 23.8 Å². The Morgan fingerprint density at radius 1 is 0.432 bits per heavy atom. The van der Waals surface area contributed by atoms with Crippen LogP contribution in [0.25, 0.3) is 0 Å². The minimum atomic E-state index is -0.987. The molecule has 0 spiro atoms. The van der Waals surface area contributed by atoms with Gasteiger partial charge < -0.3 is 109 Å². The van der Waals surface area contributed by atoms with Gasteiger partial charge in [-0.3, -0.25) is 38.4 Å². The molecular formula is C58H121N13O16S. The Hall–Kier alpha value is -5.02. The molecule has 88 heavy (non-hydrogen) atoms. The molecule has 0 bridgehead atoms. The van der Waals surface area contributed by atoms with E-state index in [2.05, 4.69) is 22.9 Å². The van der Waals surface area contributed by atoms with Crippen molar-refractivity contribution in [1.82, 2.24) is 16.0 Å². The molecule has 0 radical (unpaired) electrons. The van der Waals surface area contributed by atoms with Gasteiger partial charge in [-0.2, -0.15) is 11.8 Å². The third kappa shape index (κ3) is 66.9. The Labute approximate surface area is 527 Å². The number of rotatable bonds is 46. The molecule has 520 valence electrons. The number of carboxylic acid groups (broad SMARTS) is 7. The van der Waals surface area contributed by atoms with E-state index in [4.69, 9.17) is 93.1 Å². The molecule has 2 aliphatic rings. The van der Waals surface area contributed by atoms with Gasteiger partial charge in [-0.05, 0) is 116 Å². The molecule has 0 aromatic heterocycles. The van der Waals surface area contributed by atoms with E-state index in [0.717, 1.165) is 102 Å². The van der Waals surface area contributed by atoms with Gasteiger partial charge in [0.25, 0.3) is 0 Å². The SMILES string of the molecule is CCCCCCCCCCCCCCCC(=O)NCC(=O)O.NCCCCC(N)C(=O)O.NCCCCC(N)C(=O)O.NCCCCC(N)C(=O)O.NCCCCC(N)C(=O)O.NCCCCC(N)C(=O)O.O=C(O)CCCC[C@@H]1SC[C@@H]2NC(=O)N[C@@H]21. The van der Waals surface area contributed by atoms with Crippen molar-refractivity contribution in [3.8, 4) is 0 Å². The fourth-order valence-corrected chi connectivity index (χ4v) is 9.53. The first-order valence-corrected chi connectivity index (χ1v) is 32.6. The average Bonchev–Trinajstić information content (AvgIpc) is 3.57. The molecule has 30 N–H and O–H groups in total. The number of unbranched alkanes of at least 4 members (excludes halogenated alkanes) is 18. The monoisotopic (exact) mass is 1290 g/mol. The van der Waals surface area contributed by atoms with Crippen LogP contribution in [0.15, 0.2) is 0 Å². The minimum absolute atomic E-state index is 0.0640. The molecule has 0 saturated carbocycles. The first-order valence-electron chi connectivity index (χ1n) is 31.6. The van der Waals surface area contributed by atoms with Gasteiger partial charge >= 0.3 is 47.8 Å². The Bertz CT molecular complexity index is 1620. The smallest absolute Gasteiger partial charge is 0.322 e. The van der Waals surface area contributed by atoms with Crippen molar-refractivity contribution in [2.24, 2.45) is 57.3 Å². The van der Waals surface area contributed by atoms with E-state index in [-0.39, 0.29) is 37.0 Å². The maximum Gasteiger partial charge on any atom is 0.322 e. The second kappa shape index (κ2) is 66.4. The predicted octanol–water partition coefficient (Wildman–Crippen LogP) is 3.10. The van der Waals surface area contributed by atoms with E-state index in [1.54, 1.807) is 0 Å². The van der Waals surface area contributed by atoms with Gasteiger partial charge in [0.2, 0.25) is 5.91 Å². The number of carbonyl (C=O) groups excluding carboxylic acids is 2. The van der Waals surface area contributed by atoms with Crippen molar-refractivity contribution >= 4 is 65.5 Å². The Balaban J connectivity index is -0.000000313. The maximum absolute atomic E-state index is 11.3. The number of fused-ring (bicyclic) bond motifs is 1. The number of hydrogen-bond donors (Lipinski definition) is 20. The number of amides is 3. The predicted molar refractivity (Wildman–Crippen MR) is 345 cm³/mol. The van der Waals surface area contributed by atoms with Crippen LogP contribution in [0.2, 0.25) is 0 Å². The van der Waals surface area contributed by atoms with Crippen molar-refractivity contribution < 1.29 is 78.9 Å². The molecule has 29 nitrogen and oxygen atoms in total. The summed E-state index contributed by atoms with van der Waals surface area (Å²) < 4.78 is 0. The fourth-order valence-electron chi connectivity index (χ4n) is 7.99. The summed E-state index contributed by atoms with van der Waals surface area (Å²) in [5, 5.41) is 67.2. The van der Waals surface area contributed by atoms with Crippen LogP contribution in [0.3, 0.4) is 0 Å². The van der Waals surface area contributed by atoms with Crippen LogP contribution >= 0.6 is 11.8 Å². The van der Waals surface area contributed by atoms with Crippen LogP contribution in [0.4, 0.5) is 4.79 Å². The first-order chi connectivity index (χ1) is 41.7. The third-order valence-corrected chi connectivity index (χ3v) is 15.0. The van der Waals surface area contributed by atoms with Crippen molar-refractivity contribution in [3.63, 3.8) is 0 Å². The highest BCUT2D eigenvalue weighted by Crippen LogP contribution is 2.33. The molecule has 2 saturated heterocycles. The topological polar surface area (TPSA) is 592 Å². The van der Waals surface area contributed by atoms with E-state index in [1.165, 1.54) is 70.6 Å². The van der Waals surface area contributed by atoms with Crippen LogP contribution in [-0.2, 0) is 38.4 Å². The lowest BCUT2D eigenvalue weighted by molar-refractivity contribution is -0.139. The molecule has 0 aromatic rings. The summed E-state index contributed by atoms with van der Waals surface area (Å²) >= 11 is 1.87. The summed E-state index contributed by atoms with van der Waals surface area (Å²) in [4.78, 5) is 93.7. The second-order valence-electron chi connectivity index (χ2n) is 21.6. The zero-order valence-corrected chi connectivity index (χ0v) is 53.7. The van der Waals surface area contributed by atoms with Crippen LogP contribution < -0.4 is 73.3 Å². The highest BCUT2D eigenvalue weighted by atomic mass is 32.2. The van der Waals surface area contributed by atoms with Gasteiger partial charge in [-0.25, -0.2) is 4.79 Å². The van der Waals surface area contributed by atoms with Crippen LogP contribution in [0, 0.1) is 0 Å². The number of nitrogens with one attached hydrogen (secondary N) is 3. The number of nitrogens with two attached hydrogens (primary N) is 10. The van der Waals surface area contributed by atoms with E-state index in [1.807, 2.05) is 11.8 Å². The molecule has 2 fully saturated rings. The number of urea groups is 1. The van der Waals surface area contributed by atoms with Crippen LogP contribution in [0.1, 0.15) is 219 Å². The summed E-state index contributed by atoms with van der Waals surface area (Å²) in [5.74, 6) is -5.57. The molecule has 3 amide bonds. The largest absolute Gasteiger partial charge is 0.481 e.